The van der Waals surface area contributed by atoms with E-state index in [0.717, 1.165) is 19.0 Å². The molecule has 1 aliphatic carbocycles. The van der Waals surface area contributed by atoms with E-state index in [9.17, 15) is 0 Å². The first kappa shape index (κ1) is 13.3. The van der Waals surface area contributed by atoms with E-state index >= 15 is 0 Å². The highest BCUT2D eigenvalue weighted by Gasteiger charge is 2.31. The molecule has 0 aromatic rings. The average molecular weight is 225 g/mol. The van der Waals surface area contributed by atoms with Gasteiger partial charge < -0.3 is 10.2 Å². The van der Waals surface area contributed by atoms with Gasteiger partial charge in [-0.3, -0.25) is 4.99 Å². The Hall–Kier alpha value is -0.730. The highest BCUT2D eigenvalue weighted by molar-refractivity contribution is 5.79. The third-order valence-corrected chi connectivity index (χ3v) is 3.74. The smallest absolute Gasteiger partial charge is 0.193 e. The second-order valence-electron chi connectivity index (χ2n) is 5.13. The second-order valence-corrected chi connectivity index (χ2v) is 5.13. The largest absolute Gasteiger partial charge is 0.357 e. The van der Waals surface area contributed by atoms with Gasteiger partial charge in [-0.05, 0) is 31.6 Å². The molecule has 94 valence electrons. The van der Waals surface area contributed by atoms with Crippen molar-refractivity contribution in [2.75, 3.05) is 27.2 Å². The van der Waals surface area contributed by atoms with Crippen LogP contribution in [0, 0.1) is 5.41 Å². The number of hydrogen-bond donors (Lipinski definition) is 1. The molecule has 0 aliphatic heterocycles. The summed E-state index contributed by atoms with van der Waals surface area (Å²) in [6.45, 7) is 6.35. The van der Waals surface area contributed by atoms with Crippen LogP contribution in [0.5, 0.6) is 0 Å². The molecule has 1 saturated carbocycles. The Morgan fingerprint density at radius 3 is 2.31 bits per heavy atom. The number of nitrogens with one attached hydrogen (secondary N) is 1. The van der Waals surface area contributed by atoms with Gasteiger partial charge in [0.1, 0.15) is 0 Å². The van der Waals surface area contributed by atoms with E-state index in [-0.39, 0.29) is 0 Å². The lowest BCUT2D eigenvalue weighted by molar-refractivity contribution is 0.296. The maximum Gasteiger partial charge on any atom is 0.193 e. The van der Waals surface area contributed by atoms with Crippen LogP contribution >= 0.6 is 0 Å². The SMILES string of the molecule is CCNC(=NCC1(CC)CCCC1)N(C)C. The Morgan fingerprint density at radius 1 is 1.25 bits per heavy atom. The summed E-state index contributed by atoms with van der Waals surface area (Å²) < 4.78 is 0. The maximum atomic E-state index is 4.77. The monoisotopic (exact) mass is 225 g/mol. The molecule has 0 heterocycles. The van der Waals surface area contributed by atoms with Crippen LogP contribution in [0.25, 0.3) is 0 Å². The molecule has 0 bridgehead atoms. The molecule has 0 aromatic carbocycles. The van der Waals surface area contributed by atoms with Crippen LogP contribution in [0.4, 0.5) is 0 Å². The summed E-state index contributed by atoms with van der Waals surface area (Å²) in [4.78, 5) is 6.84. The summed E-state index contributed by atoms with van der Waals surface area (Å²) in [5, 5.41) is 3.32. The van der Waals surface area contributed by atoms with Gasteiger partial charge in [0.2, 0.25) is 0 Å². The lowest BCUT2D eigenvalue weighted by atomic mass is 9.84. The van der Waals surface area contributed by atoms with E-state index in [0.29, 0.717) is 5.41 Å². The van der Waals surface area contributed by atoms with Crippen molar-refractivity contribution in [2.45, 2.75) is 46.0 Å². The standard InChI is InChI=1S/C13H27N3/c1-5-13(9-7-8-10-13)11-15-12(14-6-2)16(3)4/h5-11H2,1-4H3,(H,14,15). The summed E-state index contributed by atoms with van der Waals surface area (Å²) in [6, 6.07) is 0. The maximum absolute atomic E-state index is 4.77. The third kappa shape index (κ3) is 3.39. The quantitative estimate of drug-likeness (QED) is 0.588. The second kappa shape index (κ2) is 6.12. The topological polar surface area (TPSA) is 27.6 Å². The Labute approximate surface area is 100 Å². The lowest BCUT2D eigenvalue weighted by Gasteiger charge is -2.26. The van der Waals surface area contributed by atoms with Gasteiger partial charge in [0.25, 0.3) is 0 Å². The van der Waals surface area contributed by atoms with Gasteiger partial charge >= 0.3 is 0 Å². The van der Waals surface area contributed by atoms with E-state index in [1.54, 1.807) is 0 Å². The van der Waals surface area contributed by atoms with Crippen LogP contribution in [0.1, 0.15) is 46.0 Å². The van der Waals surface area contributed by atoms with E-state index in [4.69, 9.17) is 4.99 Å². The van der Waals surface area contributed by atoms with Crippen LogP contribution in [0.2, 0.25) is 0 Å². The normalized spacial score (nSPS) is 19.9. The zero-order chi connectivity index (χ0) is 12.0. The molecule has 0 saturated heterocycles. The number of guanidine groups is 1. The molecule has 0 unspecified atom stereocenters. The minimum absolute atomic E-state index is 0.497. The highest BCUT2D eigenvalue weighted by Crippen LogP contribution is 2.41. The predicted octanol–water partition coefficient (Wildman–Crippen LogP) is 2.48. The van der Waals surface area contributed by atoms with Gasteiger partial charge in [-0.15, -0.1) is 0 Å². The summed E-state index contributed by atoms with van der Waals surface area (Å²) >= 11 is 0. The molecule has 0 spiro atoms. The number of aliphatic imine (C=N–C) groups is 1. The van der Waals surface area contributed by atoms with Gasteiger partial charge in [0, 0.05) is 27.2 Å². The number of hydrogen-bond acceptors (Lipinski definition) is 1. The van der Waals surface area contributed by atoms with Gasteiger partial charge in [0.05, 0.1) is 0 Å². The molecule has 0 atom stereocenters. The first-order valence-corrected chi connectivity index (χ1v) is 6.59. The summed E-state index contributed by atoms with van der Waals surface area (Å²) in [5.74, 6) is 1.03. The molecule has 3 heteroatoms. The van der Waals surface area contributed by atoms with Crippen LogP contribution in [-0.4, -0.2) is 38.0 Å². The Morgan fingerprint density at radius 2 is 1.88 bits per heavy atom. The highest BCUT2D eigenvalue weighted by atomic mass is 15.3. The molecule has 0 aromatic heterocycles. The van der Waals surface area contributed by atoms with Crippen LogP contribution in [0.15, 0.2) is 4.99 Å². The fourth-order valence-electron chi connectivity index (χ4n) is 2.50. The summed E-state index contributed by atoms with van der Waals surface area (Å²) in [6.07, 6.45) is 6.77. The van der Waals surface area contributed by atoms with Crippen LogP contribution in [0.3, 0.4) is 0 Å². The average Bonchev–Trinajstić information content (AvgIpc) is 2.73. The van der Waals surface area contributed by atoms with Crippen molar-refractivity contribution in [3.05, 3.63) is 0 Å². The first-order chi connectivity index (χ1) is 7.63. The van der Waals surface area contributed by atoms with Crippen molar-refractivity contribution >= 4 is 5.96 Å². The molecule has 3 nitrogen and oxygen atoms in total. The van der Waals surface area contributed by atoms with Crippen molar-refractivity contribution in [1.82, 2.24) is 10.2 Å². The fraction of sp³-hybridized carbons (Fsp3) is 0.923. The summed E-state index contributed by atoms with van der Waals surface area (Å²) in [5.41, 5.74) is 0.497. The number of rotatable bonds is 4. The molecule has 0 amide bonds. The molecule has 16 heavy (non-hydrogen) atoms. The minimum atomic E-state index is 0.497. The molecule has 0 radical (unpaired) electrons. The van der Waals surface area contributed by atoms with Crippen molar-refractivity contribution in [1.29, 1.82) is 0 Å². The Bertz CT molecular complexity index is 227. The van der Waals surface area contributed by atoms with Crippen LogP contribution < -0.4 is 5.32 Å². The summed E-state index contributed by atoms with van der Waals surface area (Å²) in [7, 11) is 4.10. The van der Waals surface area contributed by atoms with Gasteiger partial charge in [0.15, 0.2) is 5.96 Å². The van der Waals surface area contributed by atoms with Crippen molar-refractivity contribution in [3.63, 3.8) is 0 Å². The zero-order valence-corrected chi connectivity index (χ0v) is 11.3. The molecule has 1 fully saturated rings. The molecular formula is C13H27N3. The van der Waals surface area contributed by atoms with Crippen molar-refractivity contribution < 1.29 is 0 Å². The van der Waals surface area contributed by atoms with Crippen molar-refractivity contribution in [3.8, 4) is 0 Å². The van der Waals surface area contributed by atoms with Gasteiger partial charge in [-0.25, -0.2) is 0 Å². The Balaban J connectivity index is 2.59. The fourth-order valence-corrected chi connectivity index (χ4v) is 2.50. The molecule has 1 rings (SSSR count). The minimum Gasteiger partial charge on any atom is -0.357 e. The Kier molecular flexibility index (Phi) is 5.10. The molecular weight excluding hydrogens is 198 g/mol. The van der Waals surface area contributed by atoms with Gasteiger partial charge in [-0.1, -0.05) is 19.8 Å². The van der Waals surface area contributed by atoms with Crippen LogP contribution in [-0.2, 0) is 0 Å². The third-order valence-electron chi connectivity index (χ3n) is 3.74. The molecule has 1 aliphatic rings. The lowest BCUT2D eigenvalue weighted by Crippen LogP contribution is -2.37. The van der Waals surface area contributed by atoms with Crippen molar-refractivity contribution in [2.24, 2.45) is 10.4 Å². The van der Waals surface area contributed by atoms with E-state index < -0.39 is 0 Å². The van der Waals surface area contributed by atoms with E-state index in [1.807, 2.05) is 0 Å². The predicted molar refractivity (Wildman–Crippen MR) is 70.9 cm³/mol. The number of nitrogens with zero attached hydrogens (tertiary/aromatic N) is 2. The van der Waals surface area contributed by atoms with Gasteiger partial charge in [-0.2, -0.15) is 0 Å². The first-order valence-electron chi connectivity index (χ1n) is 6.59. The zero-order valence-electron chi connectivity index (χ0n) is 11.3. The van der Waals surface area contributed by atoms with E-state index in [1.165, 1.54) is 32.1 Å². The molecule has 1 N–H and O–H groups in total. The van der Waals surface area contributed by atoms with E-state index in [2.05, 4.69) is 38.2 Å².